The number of carbonyl (C=O) groups is 2. The number of unbranched alkanes of at least 4 members (excludes halogenated alkanes) is 1. The van der Waals surface area contributed by atoms with Crippen molar-refractivity contribution in [3.05, 3.63) is 21.4 Å². The fourth-order valence-corrected chi connectivity index (χ4v) is 3.21. The van der Waals surface area contributed by atoms with Gasteiger partial charge in [-0.2, -0.15) is 0 Å². The van der Waals surface area contributed by atoms with Crippen LogP contribution in [0.4, 0.5) is 0 Å². The summed E-state index contributed by atoms with van der Waals surface area (Å²) >= 11 is 1.44. The number of fused-ring (bicyclic) bond motifs is 1. The lowest BCUT2D eigenvalue weighted by Crippen LogP contribution is -2.40. The van der Waals surface area contributed by atoms with E-state index in [1.165, 1.54) is 16.2 Å². The highest BCUT2D eigenvalue weighted by Crippen LogP contribution is 2.27. The average molecular weight is 297 g/mol. The van der Waals surface area contributed by atoms with Gasteiger partial charge in [0, 0.05) is 11.3 Å². The van der Waals surface area contributed by atoms with Gasteiger partial charge in [0.2, 0.25) is 0 Å². The molecule has 0 saturated heterocycles. The zero-order valence-electron chi connectivity index (χ0n) is 11.5. The van der Waals surface area contributed by atoms with Crippen molar-refractivity contribution in [2.24, 2.45) is 0 Å². The lowest BCUT2D eigenvalue weighted by atomic mass is 10.1. The number of carbonyl (C=O) groups excluding carboxylic acids is 1. The highest BCUT2D eigenvalue weighted by molar-refractivity contribution is 7.14. The van der Waals surface area contributed by atoms with E-state index in [2.05, 4.69) is 5.32 Å². The molecule has 0 radical (unpaired) electrons. The third-order valence-electron chi connectivity index (χ3n) is 3.30. The smallest absolute Gasteiger partial charge is 0.326 e. The van der Waals surface area contributed by atoms with E-state index in [1.807, 2.05) is 13.0 Å². The van der Waals surface area contributed by atoms with Crippen molar-refractivity contribution in [1.82, 2.24) is 5.32 Å². The molecule has 2 rings (SSSR count). The van der Waals surface area contributed by atoms with Crippen molar-refractivity contribution in [3.8, 4) is 0 Å². The molecule has 2 N–H and O–H groups in total. The Morgan fingerprint density at radius 2 is 2.35 bits per heavy atom. The second-order valence-electron chi connectivity index (χ2n) is 4.87. The number of ether oxygens (including phenoxy) is 1. The van der Waals surface area contributed by atoms with E-state index in [-0.39, 0.29) is 5.91 Å². The summed E-state index contributed by atoms with van der Waals surface area (Å²) in [6, 6.07) is 1.01. The number of hydrogen-bond donors (Lipinski definition) is 2. The second kappa shape index (κ2) is 6.85. The van der Waals surface area contributed by atoms with Crippen molar-refractivity contribution in [1.29, 1.82) is 0 Å². The van der Waals surface area contributed by atoms with E-state index in [0.29, 0.717) is 24.5 Å². The standard InChI is InChI=1S/C14H19NO4S/c1-2-3-4-10(14(17)18)15-13(16)12-7-9-8-19-6-5-11(9)20-12/h7,10H,2-6,8H2,1H3,(H,15,16)(H,17,18). The maximum atomic E-state index is 12.1. The Morgan fingerprint density at radius 1 is 1.55 bits per heavy atom. The van der Waals surface area contributed by atoms with Crippen LogP contribution in [0.15, 0.2) is 6.07 Å². The van der Waals surface area contributed by atoms with E-state index in [1.54, 1.807) is 0 Å². The lowest BCUT2D eigenvalue weighted by Gasteiger charge is -2.13. The van der Waals surface area contributed by atoms with Crippen LogP contribution in [0, 0.1) is 0 Å². The summed E-state index contributed by atoms with van der Waals surface area (Å²) in [5.41, 5.74) is 1.05. The molecule has 20 heavy (non-hydrogen) atoms. The molecule has 0 bridgehead atoms. The molecule has 0 saturated carbocycles. The summed E-state index contributed by atoms with van der Waals surface area (Å²) in [6.07, 6.45) is 2.98. The van der Waals surface area contributed by atoms with Crippen LogP contribution in [0.25, 0.3) is 0 Å². The Morgan fingerprint density at radius 3 is 3.00 bits per heavy atom. The van der Waals surface area contributed by atoms with Gasteiger partial charge in [-0.05, 0) is 18.1 Å². The van der Waals surface area contributed by atoms with Gasteiger partial charge in [0.05, 0.1) is 18.1 Å². The fourth-order valence-electron chi connectivity index (χ4n) is 2.15. The van der Waals surface area contributed by atoms with Gasteiger partial charge >= 0.3 is 5.97 Å². The van der Waals surface area contributed by atoms with Crippen LogP contribution in [0.2, 0.25) is 0 Å². The molecule has 110 valence electrons. The van der Waals surface area contributed by atoms with Gasteiger partial charge in [-0.15, -0.1) is 11.3 Å². The molecular weight excluding hydrogens is 278 g/mol. The summed E-state index contributed by atoms with van der Waals surface area (Å²) in [4.78, 5) is 25.0. The van der Waals surface area contributed by atoms with Gasteiger partial charge in [-0.25, -0.2) is 4.79 Å². The molecule has 1 aromatic rings. The quantitative estimate of drug-likeness (QED) is 0.844. The first-order valence-corrected chi connectivity index (χ1v) is 7.66. The summed E-state index contributed by atoms with van der Waals surface area (Å²) in [5, 5.41) is 11.7. The third kappa shape index (κ3) is 3.58. The Kier molecular flexibility index (Phi) is 5.14. The van der Waals surface area contributed by atoms with Crippen LogP contribution in [-0.2, 0) is 22.6 Å². The van der Waals surface area contributed by atoms with Crippen LogP contribution in [-0.4, -0.2) is 29.6 Å². The average Bonchev–Trinajstić information content (AvgIpc) is 2.86. The minimum absolute atomic E-state index is 0.298. The zero-order chi connectivity index (χ0) is 14.5. The highest BCUT2D eigenvalue weighted by Gasteiger charge is 2.23. The molecule has 6 heteroatoms. The Balaban J connectivity index is 2.02. The zero-order valence-corrected chi connectivity index (χ0v) is 12.3. The number of aliphatic carboxylic acids is 1. The van der Waals surface area contributed by atoms with Crippen molar-refractivity contribution >= 4 is 23.2 Å². The van der Waals surface area contributed by atoms with E-state index in [4.69, 9.17) is 9.84 Å². The molecule has 1 aromatic heterocycles. The van der Waals surface area contributed by atoms with Crippen LogP contribution in [0.3, 0.4) is 0 Å². The number of hydrogen-bond acceptors (Lipinski definition) is 4. The monoisotopic (exact) mass is 297 g/mol. The van der Waals surface area contributed by atoms with E-state index < -0.39 is 12.0 Å². The Hall–Kier alpha value is -1.40. The molecule has 1 aliphatic heterocycles. The second-order valence-corrected chi connectivity index (χ2v) is 6.00. The number of thiophene rings is 1. The number of amides is 1. The van der Waals surface area contributed by atoms with Crippen molar-refractivity contribution in [3.63, 3.8) is 0 Å². The predicted octanol–water partition coefficient (Wildman–Crippen LogP) is 2.19. The molecule has 1 amide bonds. The molecular formula is C14H19NO4S. The van der Waals surface area contributed by atoms with Gasteiger partial charge in [0.25, 0.3) is 5.91 Å². The molecule has 1 atom stereocenters. The van der Waals surface area contributed by atoms with Gasteiger partial charge in [0.15, 0.2) is 0 Å². The number of rotatable bonds is 6. The van der Waals surface area contributed by atoms with Crippen LogP contribution >= 0.6 is 11.3 Å². The largest absolute Gasteiger partial charge is 0.480 e. The third-order valence-corrected chi connectivity index (χ3v) is 4.54. The normalized spacial score (nSPS) is 15.4. The number of carboxylic acids is 1. The summed E-state index contributed by atoms with van der Waals surface area (Å²) in [7, 11) is 0. The van der Waals surface area contributed by atoms with E-state index >= 15 is 0 Å². The van der Waals surface area contributed by atoms with Gasteiger partial charge < -0.3 is 15.2 Å². The van der Waals surface area contributed by atoms with Gasteiger partial charge in [-0.3, -0.25) is 4.79 Å². The first kappa shape index (κ1) is 15.0. The van der Waals surface area contributed by atoms with Crippen LogP contribution in [0.1, 0.15) is 46.3 Å². The molecule has 2 heterocycles. The van der Waals surface area contributed by atoms with E-state index in [9.17, 15) is 9.59 Å². The molecule has 0 aliphatic carbocycles. The molecule has 5 nitrogen and oxygen atoms in total. The predicted molar refractivity (Wildman–Crippen MR) is 76.1 cm³/mol. The van der Waals surface area contributed by atoms with E-state index in [0.717, 1.165) is 24.8 Å². The minimum atomic E-state index is -0.976. The Labute approximate surface area is 121 Å². The van der Waals surface area contributed by atoms with Crippen LogP contribution < -0.4 is 5.32 Å². The lowest BCUT2D eigenvalue weighted by molar-refractivity contribution is -0.139. The van der Waals surface area contributed by atoms with Crippen molar-refractivity contribution < 1.29 is 19.4 Å². The maximum absolute atomic E-state index is 12.1. The van der Waals surface area contributed by atoms with Crippen LogP contribution in [0.5, 0.6) is 0 Å². The summed E-state index contributed by atoms with van der Waals surface area (Å²) < 4.78 is 5.34. The van der Waals surface area contributed by atoms with Crippen molar-refractivity contribution in [2.45, 2.75) is 45.3 Å². The fraction of sp³-hybridized carbons (Fsp3) is 0.571. The Bertz CT molecular complexity index is 474. The topological polar surface area (TPSA) is 75.6 Å². The molecule has 0 aromatic carbocycles. The summed E-state index contributed by atoms with van der Waals surface area (Å²) in [6.45, 7) is 3.22. The SMILES string of the molecule is CCCCC(NC(=O)c1cc2c(s1)CCOC2)C(=O)O. The first-order chi connectivity index (χ1) is 9.61. The van der Waals surface area contributed by atoms with Gasteiger partial charge in [0.1, 0.15) is 6.04 Å². The molecule has 1 unspecified atom stereocenters. The first-order valence-electron chi connectivity index (χ1n) is 6.84. The number of carboxylic acid groups (broad SMARTS) is 1. The molecule has 1 aliphatic rings. The highest BCUT2D eigenvalue weighted by atomic mass is 32.1. The van der Waals surface area contributed by atoms with Crippen molar-refractivity contribution in [2.75, 3.05) is 6.61 Å². The maximum Gasteiger partial charge on any atom is 0.326 e. The minimum Gasteiger partial charge on any atom is -0.480 e. The molecule has 0 spiro atoms. The molecule has 0 fully saturated rings. The number of nitrogens with one attached hydrogen (secondary N) is 1. The van der Waals surface area contributed by atoms with Gasteiger partial charge in [-0.1, -0.05) is 19.8 Å². The summed E-state index contributed by atoms with van der Waals surface area (Å²) in [5.74, 6) is -1.27.